The third-order valence-corrected chi connectivity index (χ3v) is 13.0. The topological polar surface area (TPSA) is 82.5 Å². The minimum Gasteiger partial charge on any atom is -0.456 e. The quantitative estimate of drug-likeness (QED) is 0.166. The standard InChI is InChI=1S/C55H32N6OS/c1-4-15-33(16-5-1)52-56-49(51-50(57-52)40-22-11-13-26-47(40)63-51)35-27-29-39-46(32-35)62-45-25-14-23-41(48(39)45)55-59-53(34-17-6-2-7-18-34)58-54(60-55)36-28-30-44-42(31-36)38-21-10-12-24-43(38)61(44)37-19-8-3-9-20-37/h1-32H. The third kappa shape index (κ3) is 5.76. The van der Waals surface area contributed by atoms with Crippen LogP contribution in [-0.2, 0) is 0 Å². The van der Waals surface area contributed by atoms with Crippen LogP contribution in [0.5, 0.6) is 0 Å². The molecule has 8 heteroatoms. The summed E-state index contributed by atoms with van der Waals surface area (Å²) in [5.74, 6) is 2.45. The molecule has 0 saturated carbocycles. The average molecular weight is 825 g/mol. The van der Waals surface area contributed by atoms with Gasteiger partial charge in [-0.15, -0.1) is 11.3 Å². The molecule has 0 aliphatic heterocycles. The number of para-hydroxylation sites is 2. The van der Waals surface area contributed by atoms with E-state index >= 15 is 0 Å². The van der Waals surface area contributed by atoms with Crippen LogP contribution < -0.4 is 0 Å². The molecule has 0 N–H and O–H groups in total. The lowest BCUT2D eigenvalue weighted by molar-refractivity contribution is 0.669. The summed E-state index contributed by atoms with van der Waals surface area (Å²) < 4.78 is 11.2. The zero-order valence-corrected chi connectivity index (χ0v) is 34.3. The Labute approximate surface area is 364 Å². The summed E-state index contributed by atoms with van der Waals surface area (Å²) in [5, 5.41) is 5.32. The minimum atomic E-state index is 0.568. The predicted octanol–water partition coefficient (Wildman–Crippen LogP) is 14.4. The fourth-order valence-electron chi connectivity index (χ4n) is 8.97. The number of benzene rings is 8. The van der Waals surface area contributed by atoms with Crippen LogP contribution in [0.2, 0.25) is 0 Å². The van der Waals surface area contributed by atoms with Gasteiger partial charge in [-0.2, -0.15) is 0 Å². The van der Waals surface area contributed by atoms with Crippen LogP contribution in [0.3, 0.4) is 0 Å². The first kappa shape index (κ1) is 35.4. The van der Waals surface area contributed by atoms with Crippen molar-refractivity contribution in [2.45, 2.75) is 0 Å². The highest BCUT2D eigenvalue weighted by Crippen LogP contribution is 2.43. The molecule has 0 spiro atoms. The molecular formula is C55H32N6OS. The largest absolute Gasteiger partial charge is 0.456 e. The van der Waals surface area contributed by atoms with E-state index in [4.69, 9.17) is 29.3 Å². The Morgan fingerprint density at radius 2 is 1.03 bits per heavy atom. The molecular weight excluding hydrogens is 793 g/mol. The first-order valence-electron chi connectivity index (χ1n) is 20.8. The number of hydrogen-bond donors (Lipinski definition) is 0. The first-order valence-corrected chi connectivity index (χ1v) is 21.6. The summed E-state index contributed by atoms with van der Waals surface area (Å²) in [5.41, 5.74) is 11.3. The van der Waals surface area contributed by atoms with E-state index in [1.807, 2.05) is 66.7 Å². The Kier molecular flexibility index (Phi) is 7.94. The van der Waals surface area contributed by atoms with Gasteiger partial charge in [0, 0.05) is 65.1 Å². The number of fused-ring (bicyclic) bond motifs is 9. The van der Waals surface area contributed by atoms with Gasteiger partial charge < -0.3 is 8.98 Å². The Morgan fingerprint density at radius 1 is 0.397 bits per heavy atom. The molecule has 0 fully saturated rings. The Bertz CT molecular complexity index is 3910. The Balaban J connectivity index is 0.988. The number of hydrogen-bond acceptors (Lipinski definition) is 7. The lowest BCUT2D eigenvalue weighted by Gasteiger charge is -2.10. The number of aromatic nitrogens is 6. The van der Waals surface area contributed by atoms with Crippen molar-refractivity contribution in [1.82, 2.24) is 29.5 Å². The van der Waals surface area contributed by atoms with Crippen molar-refractivity contribution in [2.24, 2.45) is 0 Å². The SMILES string of the molecule is c1ccc(-c2nc(-c3ccc4c(c3)c3ccccc3n4-c3ccccc3)nc(-c3cccc4oc5cc(-c6nc(-c7ccccc7)nc7c6sc6ccccc67)ccc5c34)n2)cc1. The van der Waals surface area contributed by atoms with Crippen molar-refractivity contribution in [3.8, 4) is 62.5 Å². The molecule has 0 aliphatic rings. The van der Waals surface area contributed by atoms with Crippen LogP contribution in [0.1, 0.15) is 0 Å². The van der Waals surface area contributed by atoms with E-state index in [2.05, 4.69) is 132 Å². The van der Waals surface area contributed by atoms with E-state index in [0.717, 1.165) is 98.5 Å². The molecule has 5 aromatic heterocycles. The molecule has 0 saturated heterocycles. The zero-order valence-electron chi connectivity index (χ0n) is 33.5. The second-order valence-electron chi connectivity index (χ2n) is 15.6. The maximum atomic E-state index is 6.71. The molecule has 294 valence electrons. The van der Waals surface area contributed by atoms with Crippen LogP contribution in [-0.4, -0.2) is 29.5 Å². The van der Waals surface area contributed by atoms with Crippen molar-refractivity contribution < 1.29 is 4.42 Å². The fraction of sp³-hybridized carbons (Fsp3) is 0. The highest BCUT2D eigenvalue weighted by Gasteiger charge is 2.22. The van der Waals surface area contributed by atoms with Crippen molar-refractivity contribution in [2.75, 3.05) is 0 Å². The Hall–Kier alpha value is -8.33. The summed E-state index contributed by atoms with van der Waals surface area (Å²) in [6.07, 6.45) is 0. The molecule has 0 atom stereocenters. The van der Waals surface area contributed by atoms with Gasteiger partial charge in [0.05, 0.1) is 26.9 Å². The lowest BCUT2D eigenvalue weighted by Crippen LogP contribution is -2.00. The van der Waals surface area contributed by atoms with Crippen molar-refractivity contribution in [3.05, 3.63) is 194 Å². The summed E-state index contributed by atoms with van der Waals surface area (Å²) in [4.78, 5) is 25.9. The van der Waals surface area contributed by atoms with Gasteiger partial charge in [0.25, 0.3) is 0 Å². The Morgan fingerprint density at radius 3 is 1.83 bits per heavy atom. The normalized spacial score (nSPS) is 11.8. The van der Waals surface area contributed by atoms with E-state index < -0.39 is 0 Å². The highest BCUT2D eigenvalue weighted by atomic mass is 32.1. The molecule has 8 aromatic carbocycles. The van der Waals surface area contributed by atoms with Crippen LogP contribution in [0, 0.1) is 0 Å². The highest BCUT2D eigenvalue weighted by molar-refractivity contribution is 7.26. The fourth-order valence-corrected chi connectivity index (χ4v) is 10.1. The summed E-state index contributed by atoms with van der Waals surface area (Å²) in [7, 11) is 0. The van der Waals surface area contributed by atoms with Crippen LogP contribution in [0.25, 0.3) is 127 Å². The van der Waals surface area contributed by atoms with Crippen molar-refractivity contribution in [1.29, 1.82) is 0 Å². The smallest absolute Gasteiger partial charge is 0.164 e. The predicted molar refractivity (Wildman–Crippen MR) is 257 cm³/mol. The number of nitrogens with zero attached hydrogens (tertiary/aromatic N) is 6. The molecule has 0 radical (unpaired) electrons. The molecule has 0 amide bonds. The van der Waals surface area contributed by atoms with E-state index in [9.17, 15) is 0 Å². The number of rotatable bonds is 6. The molecule has 13 rings (SSSR count). The molecule has 5 heterocycles. The molecule has 0 bridgehead atoms. The van der Waals surface area contributed by atoms with Gasteiger partial charge in [-0.3, -0.25) is 0 Å². The van der Waals surface area contributed by atoms with E-state index in [1.54, 1.807) is 11.3 Å². The second kappa shape index (κ2) is 14.1. The van der Waals surface area contributed by atoms with Crippen LogP contribution >= 0.6 is 11.3 Å². The molecule has 0 unspecified atom stereocenters. The summed E-state index contributed by atoms with van der Waals surface area (Å²) in [6.45, 7) is 0. The number of thiophene rings is 1. The van der Waals surface area contributed by atoms with Gasteiger partial charge in [-0.05, 0) is 60.7 Å². The van der Waals surface area contributed by atoms with E-state index in [0.29, 0.717) is 23.3 Å². The van der Waals surface area contributed by atoms with Gasteiger partial charge in [-0.1, -0.05) is 133 Å². The second-order valence-corrected chi connectivity index (χ2v) is 16.7. The zero-order chi connectivity index (χ0) is 41.4. The van der Waals surface area contributed by atoms with Crippen LogP contribution in [0.4, 0.5) is 0 Å². The van der Waals surface area contributed by atoms with Crippen molar-refractivity contribution in [3.63, 3.8) is 0 Å². The molecule has 13 aromatic rings. The maximum Gasteiger partial charge on any atom is 0.164 e. The van der Waals surface area contributed by atoms with Gasteiger partial charge >= 0.3 is 0 Å². The van der Waals surface area contributed by atoms with Gasteiger partial charge in [0.1, 0.15) is 11.2 Å². The molecule has 7 nitrogen and oxygen atoms in total. The minimum absolute atomic E-state index is 0.568. The summed E-state index contributed by atoms with van der Waals surface area (Å²) >= 11 is 1.72. The van der Waals surface area contributed by atoms with Gasteiger partial charge in [-0.25, -0.2) is 24.9 Å². The van der Waals surface area contributed by atoms with Gasteiger partial charge in [0.15, 0.2) is 23.3 Å². The van der Waals surface area contributed by atoms with E-state index in [1.165, 1.54) is 4.70 Å². The third-order valence-electron chi connectivity index (χ3n) is 11.9. The maximum absolute atomic E-state index is 6.71. The monoisotopic (exact) mass is 824 g/mol. The molecule has 0 aliphatic carbocycles. The van der Waals surface area contributed by atoms with Gasteiger partial charge in [0.2, 0.25) is 0 Å². The number of furan rings is 1. The van der Waals surface area contributed by atoms with E-state index in [-0.39, 0.29) is 0 Å². The average Bonchev–Trinajstić information content (AvgIpc) is 4.03. The first-order chi connectivity index (χ1) is 31.2. The summed E-state index contributed by atoms with van der Waals surface area (Å²) in [6, 6.07) is 66.8. The molecule has 63 heavy (non-hydrogen) atoms. The van der Waals surface area contributed by atoms with Crippen molar-refractivity contribution >= 4 is 75.4 Å². The van der Waals surface area contributed by atoms with Crippen LogP contribution in [0.15, 0.2) is 199 Å². The lowest BCUT2D eigenvalue weighted by atomic mass is 10.0.